The van der Waals surface area contributed by atoms with Crippen molar-refractivity contribution in [2.24, 2.45) is 0 Å². The minimum atomic E-state index is 0.315. The summed E-state index contributed by atoms with van der Waals surface area (Å²) < 4.78 is 16.3. The summed E-state index contributed by atoms with van der Waals surface area (Å²) in [6.07, 6.45) is 4.81. The van der Waals surface area contributed by atoms with Crippen LogP contribution in [0.25, 0.3) is 0 Å². The second kappa shape index (κ2) is 9.50. The Morgan fingerprint density at radius 1 is 0.952 bits per heavy atom. The molecule has 0 bridgehead atoms. The van der Waals surface area contributed by atoms with E-state index in [1.807, 2.05) is 12.1 Å². The molecule has 0 saturated carbocycles. The van der Waals surface area contributed by atoms with Gasteiger partial charge in [0.1, 0.15) is 0 Å². The average molecular weight is 295 g/mol. The van der Waals surface area contributed by atoms with Gasteiger partial charge in [-0.1, -0.05) is 33.1 Å². The number of methoxy groups -OCH3 is 3. The summed E-state index contributed by atoms with van der Waals surface area (Å²) in [5, 5.41) is 3.55. The van der Waals surface area contributed by atoms with E-state index < -0.39 is 0 Å². The van der Waals surface area contributed by atoms with Crippen molar-refractivity contribution in [1.29, 1.82) is 0 Å². The Morgan fingerprint density at radius 3 is 2.00 bits per heavy atom. The molecule has 120 valence electrons. The van der Waals surface area contributed by atoms with E-state index in [2.05, 4.69) is 19.2 Å². The maximum Gasteiger partial charge on any atom is 0.203 e. The maximum absolute atomic E-state index is 5.44. The summed E-state index contributed by atoms with van der Waals surface area (Å²) in [7, 11) is 4.93. The van der Waals surface area contributed by atoms with E-state index in [1.54, 1.807) is 21.3 Å². The van der Waals surface area contributed by atoms with E-state index in [1.165, 1.54) is 24.8 Å². The predicted molar refractivity (Wildman–Crippen MR) is 86.7 cm³/mol. The molecule has 0 radical (unpaired) electrons. The van der Waals surface area contributed by atoms with Crippen molar-refractivity contribution in [1.82, 2.24) is 5.32 Å². The first-order valence-electron chi connectivity index (χ1n) is 7.75. The summed E-state index contributed by atoms with van der Waals surface area (Å²) in [5.74, 6) is 2.07. The van der Waals surface area contributed by atoms with Gasteiger partial charge in [-0.3, -0.25) is 0 Å². The Bertz CT molecular complexity index is 395. The van der Waals surface area contributed by atoms with Gasteiger partial charge in [-0.05, 0) is 30.7 Å². The van der Waals surface area contributed by atoms with E-state index >= 15 is 0 Å². The first-order chi connectivity index (χ1) is 10.2. The van der Waals surface area contributed by atoms with Crippen molar-refractivity contribution in [3.8, 4) is 17.2 Å². The van der Waals surface area contributed by atoms with E-state index in [0.717, 1.165) is 13.0 Å². The van der Waals surface area contributed by atoms with Gasteiger partial charge >= 0.3 is 0 Å². The molecule has 1 unspecified atom stereocenters. The van der Waals surface area contributed by atoms with Crippen molar-refractivity contribution < 1.29 is 14.2 Å². The molecular formula is C17H29NO3. The number of benzene rings is 1. The van der Waals surface area contributed by atoms with Gasteiger partial charge in [0, 0.05) is 6.04 Å². The van der Waals surface area contributed by atoms with Crippen molar-refractivity contribution in [3.05, 3.63) is 17.7 Å². The molecule has 1 aromatic rings. The van der Waals surface area contributed by atoms with Crippen LogP contribution in [0.5, 0.6) is 17.2 Å². The molecule has 0 spiro atoms. The van der Waals surface area contributed by atoms with Gasteiger partial charge in [-0.15, -0.1) is 0 Å². The van der Waals surface area contributed by atoms with E-state index in [-0.39, 0.29) is 0 Å². The highest BCUT2D eigenvalue weighted by Crippen LogP contribution is 2.40. The lowest BCUT2D eigenvalue weighted by molar-refractivity contribution is 0.322. The average Bonchev–Trinajstić information content (AvgIpc) is 2.52. The standard InChI is InChI=1S/C17H29NO3/c1-6-8-9-10-14(18-7-2)13-11-15(19-3)17(21-5)16(12-13)20-4/h11-12,14,18H,6-10H2,1-5H3. The molecule has 0 amide bonds. The fraction of sp³-hybridized carbons (Fsp3) is 0.647. The zero-order valence-electron chi connectivity index (χ0n) is 14.0. The van der Waals surface area contributed by atoms with Gasteiger partial charge < -0.3 is 19.5 Å². The third-order valence-corrected chi connectivity index (χ3v) is 3.64. The van der Waals surface area contributed by atoms with Crippen LogP contribution >= 0.6 is 0 Å². The molecule has 1 rings (SSSR count). The normalized spacial score (nSPS) is 12.0. The number of nitrogens with one attached hydrogen (secondary N) is 1. The zero-order valence-corrected chi connectivity index (χ0v) is 14.0. The number of hydrogen-bond acceptors (Lipinski definition) is 4. The molecule has 0 aromatic heterocycles. The van der Waals surface area contributed by atoms with Gasteiger partial charge in [0.15, 0.2) is 11.5 Å². The van der Waals surface area contributed by atoms with Crippen molar-refractivity contribution in [2.75, 3.05) is 27.9 Å². The molecule has 0 fully saturated rings. The molecule has 0 saturated heterocycles. The summed E-state index contributed by atoms with van der Waals surface area (Å²) in [6.45, 7) is 5.29. The lowest BCUT2D eigenvalue weighted by Gasteiger charge is -2.21. The Balaban J connectivity index is 3.06. The summed E-state index contributed by atoms with van der Waals surface area (Å²) in [6, 6.07) is 4.40. The second-order valence-electron chi connectivity index (χ2n) is 5.06. The van der Waals surface area contributed by atoms with Crippen LogP contribution in [-0.2, 0) is 0 Å². The molecule has 4 nitrogen and oxygen atoms in total. The lowest BCUT2D eigenvalue weighted by atomic mass is 9.99. The van der Waals surface area contributed by atoms with Crippen LogP contribution in [0.15, 0.2) is 12.1 Å². The van der Waals surface area contributed by atoms with Crippen LogP contribution in [-0.4, -0.2) is 27.9 Å². The van der Waals surface area contributed by atoms with Crippen LogP contribution in [0.3, 0.4) is 0 Å². The second-order valence-corrected chi connectivity index (χ2v) is 5.06. The minimum absolute atomic E-state index is 0.315. The Labute approximate surface area is 128 Å². The molecule has 21 heavy (non-hydrogen) atoms. The molecule has 1 aromatic carbocycles. The third kappa shape index (κ3) is 4.81. The number of unbranched alkanes of at least 4 members (excludes halogenated alkanes) is 2. The van der Waals surface area contributed by atoms with Gasteiger partial charge in [0.05, 0.1) is 21.3 Å². The smallest absolute Gasteiger partial charge is 0.203 e. The van der Waals surface area contributed by atoms with Crippen molar-refractivity contribution in [2.45, 2.75) is 45.6 Å². The molecular weight excluding hydrogens is 266 g/mol. The van der Waals surface area contributed by atoms with Crippen LogP contribution < -0.4 is 19.5 Å². The zero-order chi connectivity index (χ0) is 15.7. The summed E-state index contributed by atoms with van der Waals surface area (Å²) in [5.41, 5.74) is 1.18. The fourth-order valence-electron chi connectivity index (χ4n) is 2.53. The highest BCUT2D eigenvalue weighted by molar-refractivity contribution is 5.54. The van der Waals surface area contributed by atoms with Crippen LogP contribution in [0, 0.1) is 0 Å². The third-order valence-electron chi connectivity index (χ3n) is 3.64. The molecule has 0 aliphatic rings. The van der Waals surface area contributed by atoms with Crippen molar-refractivity contribution >= 4 is 0 Å². The molecule has 1 N–H and O–H groups in total. The molecule has 0 aliphatic heterocycles. The van der Waals surface area contributed by atoms with Crippen molar-refractivity contribution in [3.63, 3.8) is 0 Å². The monoisotopic (exact) mass is 295 g/mol. The molecule has 0 aliphatic carbocycles. The predicted octanol–water partition coefficient (Wildman–Crippen LogP) is 3.94. The highest BCUT2D eigenvalue weighted by atomic mass is 16.5. The molecule has 4 heteroatoms. The lowest BCUT2D eigenvalue weighted by Crippen LogP contribution is -2.21. The largest absolute Gasteiger partial charge is 0.493 e. The topological polar surface area (TPSA) is 39.7 Å². The highest BCUT2D eigenvalue weighted by Gasteiger charge is 2.18. The van der Waals surface area contributed by atoms with Gasteiger partial charge in [-0.25, -0.2) is 0 Å². The first kappa shape index (κ1) is 17.6. The number of hydrogen-bond donors (Lipinski definition) is 1. The molecule has 1 atom stereocenters. The van der Waals surface area contributed by atoms with Crippen LogP contribution in [0.1, 0.15) is 51.1 Å². The maximum atomic E-state index is 5.44. The fourth-order valence-corrected chi connectivity index (χ4v) is 2.53. The van der Waals surface area contributed by atoms with Gasteiger partial charge in [-0.2, -0.15) is 0 Å². The first-order valence-corrected chi connectivity index (χ1v) is 7.75. The Kier molecular flexibility index (Phi) is 7.98. The van der Waals surface area contributed by atoms with Gasteiger partial charge in [0.2, 0.25) is 5.75 Å². The van der Waals surface area contributed by atoms with E-state index in [4.69, 9.17) is 14.2 Å². The van der Waals surface area contributed by atoms with Gasteiger partial charge in [0.25, 0.3) is 0 Å². The number of ether oxygens (including phenoxy) is 3. The Morgan fingerprint density at radius 2 is 1.57 bits per heavy atom. The minimum Gasteiger partial charge on any atom is -0.493 e. The van der Waals surface area contributed by atoms with E-state index in [9.17, 15) is 0 Å². The summed E-state index contributed by atoms with van der Waals surface area (Å²) in [4.78, 5) is 0. The SMILES string of the molecule is CCCCCC(NCC)c1cc(OC)c(OC)c(OC)c1. The Hall–Kier alpha value is -1.42. The van der Waals surface area contributed by atoms with Crippen LogP contribution in [0.4, 0.5) is 0 Å². The molecule has 0 heterocycles. The summed E-state index contributed by atoms with van der Waals surface area (Å²) >= 11 is 0. The number of rotatable bonds is 10. The van der Waals surface area contributed by atoms with Crippen LogP contribution in [0.2, 0.25) is 0 Å². The quantitative estimate of drug-likeness (QED) is 0.664. The van der Waals surface area contributed by atoms with E-state index in [0.29, 0.717) is 23.3 Å².